The summed E-state index contributed by atoms with van der Waals surface area (Å²) in [6, 6.07) is 20.3. The predicted octanol–water partition coefficient (Wildman–Crippen LogP) is 5.62. The van der Waals surface area contributed by atoms with Gasteiger partial charge < -0.3 is 19.9 Å². The highest BCUT2D eigenvalue weighted by Gasteiger charge is 2.41. The van der Waals surface area contributed by atoms with Crippen molar-refractivity contribution in [2.75, 3.05) is 44.2 Å². The van der Waals surface area contributed by atoms with Crippen LogP contribution in [0.4, 0.5) is 14.5 Å². The van der Waals surface area contributed by atoms with Crippen molar-refractivity contribution in [3.8, 4) is 0 Å². The summed E-state index contributed by atoms with van der Waals surface area (Å²) < 4.78 is 33.9. The number of anilines is 1. The third-order valence-electron chi connectivity index (χ3n) is 9.09. The van der Waals surface area contributed by atoms with E-state index in [4.69, 9.17) is 4.74 Å². The number of nitrogens with zero attached hydrogens (tertiary/aromatic N) is 3. The fourth-order valence-electron chi connectivity index (χ4n) is 6.54. The zero-order chi connectivity index (χ0) is 31.2. The molecular weight excluding hydrogens is 574 g/mol. The minimum atomic E-state index is -0.315. The van der Waals surface area contributed by atoms with Gasteiger partial charge in [-0.1, -0.05) is 36.8 Å². The third-order valence-corrected chi connectivity index (χ3v) is 9.09. The maximum Gasteiger partial charge on any atom is 0.289 e. The van der Waals surface area contributed by atoms with Gasteiger partial charge in [0.25, 0.3) is 11.8 Å². The van der Waals surface area contributed by atoms with E-state index in [1.807, 2.05) is 24.3 Å². The molecular formula is C36H40F2N4O3. The van der Waals surface area contributed by atoms with Crippen molar-refractivity contribution in [1.82, 2.24) is 15.1 Å². The molecule has 3 aromatic rings. The Balaban J connectivity index is 0.995. The molecule has 3 aliphatic rings. The van der Waals surface area contributed by atoms with Crippen molar-refractivity contribution < 1.29 is 23.1 Å². The highest BCUT2D eigenvalue weighted by atomic mass is 19.1. The minimum Gasteiger partial charge on any atom is -0.482 e. The van der Waals surface area contributed by atoms with E-state index in [1.165, 1.54) is 18.2 Å². The molecule has 1 saturated carbocycles. The Morgan fingerprint density at radius 3 is 2.40 bits per heavy atom. The maximum atomic E-state index is 14.5. The van der Waals surface area contributed by atoms with Crippen LogP contribution in [-0.4, -0.2) is 73.0 Å². The number of morpholine rings is 1. The van der Waals surface area contributed by atoms with Crippen molar-refractivity contribution in [2.24, 2.45) is 0 Å². The SMILES string of the molecule is O=C(NCCCN1CCN(c2ccc(F)cc2)CC1)c1ccc(/C=C2\OC3CCCCC3N(Cc3ccccc3F)C2=O)cc1. The van der Waals surface area contributed by atoms with Gasteiger partial charge in [-0.05, 0) is 86.3 Å². The topological polar surface area (TPSA) is 65.1 Å². The quantitative estimate of drug-likeness (QED) is 0.251. The van der Waals surface area contributed by atoms with E-state index in [9.17, 15) is 18.4 Å². The monoisotopic (exact) mass is 614 g/mol. The number of halogens is 2. The minimum absolute atomic E-state index is 0.0693. The van der Waals surface area contributed by atoms with Crippen LogP contribution >= 0.6 is 0 Å². The molecule has 0 radical (unpaired) electrons. The highest BCUT2D eigenvalue weighted by molar-refractivity contribution is 5.97. The summed E-state index contributed by atoms with van der Waals surface area (Å²) in [7, 11) is 0. The van der Waals surface area contributed by atoms with E-state index in [-0.39, 0.29) is 47.9 Å². The van der Waals surface area contributed by atoms with E-state index in [1.54, 1.807) is 41.3 Å². The van der Waals surface area contributed by atoms with Gasteiger partial charge in [-0.15, -0.1) is 0 Å². The van der Waals surface area contributed by atoms with Gasteiger partial charge in [0.15, 0.2) is 5.76 Å². The maximum absolute atomic E-state index is 14.5. The first-order valence-electron chi connectivity index (χ1n) is 16.0. The molecule has 0 spiro atoms. The molecule has 0 aromatic heterocycles. The Morgan fingerprint density at radius 2 is 1.64 bits per heavy atom. The second kappa shape index (κ2) is 14.2. The molecule has 7 nitrogen and oxygen atoms in total. The summed E-state index contributed by atoms with van der Waals surface area (Å²) in [4.78, 5) is 32.8. The smallest absolute Gasteiger partial charge is 0.289 e. The van der Waals surface area contributed by atoms with Crippen LogP contribution in [0.5, 0.6) is 0 Å². The number of rotatable bonds is 9. The van der Waals surface area contributed by atoms with Gasteiger partial charge in [0.05, 0.1) is 6.04 Å². The molecule has 2 aliphatic heterocycles. The van der Waals surface area contributed by atoms with Crippen LogP contribution in [0.25, 0.3) is 6.08 Å². The first-order valence-corrected chi connectivity index (χ1v) is 16.0. The summed E-state index contributed by atoms with van der Waals surface area (Å²) in [5.41, 5.74) is 2.85. The molecule has 2 amide bonds. The van der Waals surface area contributed by atoms with Crippen molar-refractivity contribution in [2.45, 2.75) is 50.8 Å². The number of nitrogens with one attached hydrogen (secondary N) is 1. The summed E-state index contributed by atoms with van der Waals surface area (Å²) in [5.74, 6) is -0.655. The Labute approximate surface area is 263 Å². The van der Waals surface area contributed by atoms with Crippen LogP contribution < -0.4 is 10.2 Å². The molecule has 3 aromatic carbocycles. The molecule has 6 rings (SSSR count). The van der Waals surface area contributed by atoms with Gasteiger partial charge in [-0.25, -0.2) is 8.78 Å². The molecule has 1 N–H and O–H groups in total. The van der Waals surface area contributed by atoms with Crippen LogP contribution in [-0.2, 0) is 16.1 Å². The van der Waals surface area contributed by atoms with Crippen molar-refractivity contribution >= 4 is 23.6 Å². The predicted molar refractivity (Wildman–Crippen MR) is 171 cm³/mol. The van der Waals surface area contributed by atoms with Crippen LogP contribution in [0.1, 0.15) is 53.6 Å². The standard InChI is InChI=1S/C36H40F2N4O3/c37-29-14-16-30(17-15-29)41-22-20-40(21-23-41)19-5-18-39-35(43)27-12-10-26(11-13-27)24-34-36(44)42(25-28-6-1-2-7-31(28)38)32-8-3-4-9-33(32)45-34/h1-2,6-7,10-17,24,32-33H,3-5,8-9,18-23,25H2,(H,39,43)/b34-24-. The number of fused-ring (bicyclic) bond motifs is 1. The second-order valence-corrected chi connectivity index (χ2v) is 12.1. The number of amides is 2. The number of piperazine rings is 1. The molecule has 9 heteroatoms. The average Bonchev–Trinajstić information content (AvgIpc) is 3.07. The molecule has 2 atom stereocenters. The fraction of sp³-hybridized carbons (Fsp3) is 0.389. The Morgan fingerprint density at radius 1 is 0.911 bits per heavy atom. The average molecular weight is 615 g/mol. The largest absolute Gasteiger partial charge is 0.482 e. The third kappa shape index (κ3) is 7.53. The van der Waals surface area contributed by atoms with E-state index in [0.717, 1.165) is 76.1 Å². The lowest BCUT2D eigenvalue weighted by molar-refractivity contribution is -0.149. The zero-order valence-corrected chi connectivity index (χ0v) is 25.5. The number of benzene rings is 3. The number of hydrogen-bond acceptors (Lipinski definition) is 5. The van der Waals surface area contributed by atoms with E-state index in [0.29, 0.717) is 17.7 Å². The van der Waals surface area contributed by atoms with Crippen LogP contribution in [0.2, 0.25) is 0 Å². The first kappa shape index (κ1) is 30.8. The van der Waals surface area contributed by atoms with Crippen LogP contribution in [0.15, 0.2) is 78.6 Å². The van der Waals surface area contributed by atoms with Crippen molar-refractivity contribution in [3.05, 3.63) is 107 Å². The van der Waals surface area contributed by atoms with Crippen molar-refractivity contribution in [3.63, 3.8) is 0 Å². The van der Waals surface area contributed by atoms with Crippen LogP contribution in [0.3, 0.4) is 0 Å². The lowest BCUT2D eigenvalue weighted by Gasteiger charge is -2.44. The number of carbonyl (C=O) groups excluding carboxylic acids is 2. The molecule has 2 saturated heterocycles. The highest BCUT2D eigenvalue weighted by Crippen LogP contribution is 2.34. The molecule has 2 heterocycles. The van der Waals surface area contributed by atoms with Gasteiger partial charge >= 0.3 is 0 Å². The first-order chi connectivity index (χ1) is 21.9. The normalized spacial score (nSPS) is 21.4. The zero-order valence-electron chi connectivity index (χ0n) is 25.5. The summed E-state index contributed by atoms with van der Waals surface area (Å²) >= 11 is 0. The molecule has 0 bridgehead atoms. The van der Waals surface area contributed by atoms with E-state index in [2.05, 4.69) is 15.1 Å². The number of carbonyl (C=O) groups is 2. The van der Waals surface area contributed by atoms with Gasteiger partial charge in [-0.3, -0.25) is 14.5 Å². The fourth-order valence-corrected chi connectivity index (χ4v) is 6.54. The Kier molecular flexibility index (Phi) is 9.74. The lowest BCUT2D eigenvalue weighted by atomic mass is 9.89. The molecule has 1 aliphatic carbocycles. The Hall–Kier alpha value is -4.24. The van der Waals surface area contributed by atoms with E-state index < -0.39 is 0 Å². The van der Waals surface area contributed by atoms with E-state index >= 15 is 0 Å². The number of ether oxygens (including phenoxy) is 1. The van der Waals surface area contributed by atoms with Gasteiger partial charge in [-0.2, -0.15) is 0 Å². The summed E-state index contributed by atoms with van der Waals surface area (Å²) in [6.45, 7) is 5.32. The molecule has 45 heavy (non-hydrogen) atoms. The summed E-state index contributed by atoms with van der Waals surface area (Å²) in [6.07, 6.45) is 6.21. The van der Waals surface area contributed by atoms with Gasteiger partial charge in [0.2, 0.25) is 0 Å². The molecule has 236 valence electrons. The lowest BCUT2D eigenvalue weighted by Crippen LogP contribution is -2.54. The van der Waals surface area contributed by atoms with Gasteiger partial charge in [0.1, 0.15) is 17.7 Å². The van der Waals surface area contributed by atoms with Crippen molar-refractivity contribution in [1.29, 1.82) is 0 Å². The van der Waals surface area contributed by atoms with Crippen LogP contribution in [0, 0.1) is 11.6 Å². The molecule has 3 fully saturated rings. The number of hydrogen-bond donors (Lipinski definition) is 1. The summed E-state index contributed by atoms with van der Waals surface area (Å²) in [5, 5.41) is 3.01. The van der Waals surface area contributed by atoms with Gasteiger partial charge in [0, 0.05) is 56.1 Å². The second-order valence-electron chi connectivity index (χ2n) is 12.1. The Bertz CT molecular complexity index is 1500. The molecule has 2 unspecified atom stereocenters.